The Balaban J connectivity index is 2.34. The number of hydrogen-bond acceptors (Lipinski definition) is 0. The standard InChI is InChI=1S/C23H14F12P/c1-12(13-4-2-3-5-13)36(18-8-14(20(24,25)26)6-15(9-18)21(27,28)29)19-10-16(22(30,31)32)7-17(11-19)23(33,34)35/h2-12H,1H3. The van der Waals surface area contributed by atoms with Crippen molar-refractivity contribution in [2.75, 3.05) is 0 Å². The molecular formula is C23H14F12P. The Kier molecular flexibility index (Phi) is 7.73. The first-order valence-corrected chi connectivity index (χ1v) is 11.3. The van der Waals surface area contributed by atoms with E-state index in [-0.39, 0.29) is 12.1 Å². The summed E-state index contributed by atoms with van der Waals surface area (Å²) in [4.78, 5) is 0. The molecule has 0 bridgehead atoms. The predicted octanol–water partition coefficient (Wildman–Crippen LogP) is 7.99. The lowest BCUT2D eigenvalue weighted by atomic mass is 10.1. The summed E-state index contributed by atoms with van der Waals surface area (Å²) < 4.78 is 162. The van der Waals surface area contributed by atoms with Crippen LogP contribution in [0.1, 0.15) is 29.2 Å². The Bertz CT molecular complexity index is 932. The van der Waals surface area contributed by atoms with Crippen molar-refractivity contribution in [2.24, 2.45) is 0 Å². The third-order valence-corrected chi connectivity index (χ3v) is 7.96. The van der Waals surface area contributed by atoms with E-state index >= 15 is 0 Å². The molecule has 0 N–H and O–H groups in total. The van der Waals surface area contributed by atoms with Crippen LogP contribution >= 0.6 is 7.92 Å². The first-order chi connectivity index (χ1) is 16.3. The summed E-state index contributed by atoms with van der Waals surface area (Å²) in [5.41, 5.74) is -7.94. The van der Waals surface area contributed by atoms with Crippen molar-refractivity contribution in [3.05, 3.63) is 90.3 Å². The quantitative estimate of drug-likeness (QED) is 0.268. The lowest BCUT2D eigenvalue weighted by Gasteiger charge is -2.31. The van der Waals surface area contributed by atoms with Crippen molar-refractivity contribution in [1.82, 2.24) is 0 Å². The molecule has 0 amide bonds. The third-order valence-electron chi connectivity index (χ3n) is 5.26. The predicted molar refractivity (Wildman–Crippen MR) is 109 cm³/mol. The average Bonchev–Trinajstić information content (AvgIpc) is 3.26. The zero-order valence-electron chi connectivity index (χ0n) is 17.8. The SMILES string of the molecule is CC([C]1[CH][CH][CH][CH]1)P(c1cc(C(F)(F)F)cc(C(F)(F)F)c1)c1cc(C(F)(F)F)cc(C(F)(F)F)c1. The fourth-order valence-electron chi connectivity index (χ4n) is 3.57. The Hall–Kier alpha value is -1.97. The molecule has 0 aromatic heterocycles. The van der Waals surface area contributed by atoms with E-state index in [9.17, 15) is 52.7 Å². The topological polar surface area (TPSA) is 0 Å². The van der Waals surface area contributed by atoms with Crippen LogP contribution in [0.15, 0.2) is 36.4 Å². The van der Waals surface area contributed by atoms with Gasteiger partial charge >= 0.3 is 24.7 Å². The van der Waals surface area contributed by atoms with E-state index in [1.165, 1.54) is 32.6 Å². The molecule has 5 radical (unpaired) electrons. The molecule has 1 fully saturated rings. The maximum Gasteiger partial charge on any atom is 0.416 e. The van der Waals surface area contributed by atoms with Gasteiger partial charge in [-0.25, -0.2) is 0 Å². The van der Waals surface area contributed by atoms with E-state index in [2.05, 4.69) is 0 Å². The molecular weight excluding hydrogens is 535 g/mol. The van der Waals surface area contributed by atoms with Crippen molar-refractivity contribution in [2.45, 2.75) is 37.3 Å². The minimum Gasteiger partial charge on any atom is -0.166 e. The van der Waals surface area contributed by atoms with Gasteiger partial charge in [-0.3, -0.25) is 0 Å². The van der Waals surface area contributed by atoms with E-state index in [4.69, 9.17) is 0 Å². The van der Waals surface area contributed by atoms with Crippen LogP contribution in [0, 0.1) is 31.6 Å². The first-order valence-electron chi connectivity index (χ1n) is 9.88. The molecule has 36 heavy (non-hydrogen) atoms. The minimum atomic E-state index is -5.26. The van der Waals surface area contributed by atoms with Crippen LogP contribution in [-0.4, -0.2) is 5.66 Å². The van der Waals surface area contributed by atoms with Gasteiger partial charge in [-0.2, -0.15) is 52.7 Å². The molecule has 1 unspecified atom stereocenters. The maximum absolute atomic E-state index is 13.5. The smallest absolute Gasteiger partial charge is 0.166 e. The summed E-state index contributed by atoms with van der Waals surface area (Å²) in [5, 5.41) is -1.35. The van der Waals surface area contributed by atoms with Gasteiger partial charge in [0.15, 0.2) is 0 Å². The van der Waals surface area contributed by atoms with Crippen molar-refractivity contribution in [3.63, 3.8) is 0 Å². The fraction of sp³-hybridized carbons (Fsp3) is 0.261. The molecule has 0 heterocycles. The highest BCUT2D eigenvalue weighted by atomic mass is 31.1. The molecule has 0 nitrogen and oxygen atoms in total. The van der Waals surface area contributed by atoms with Crippen molar-refractivity contribution in [1.29, 1.82) is 0 Å². The third kappa shape index (κ3) is 6.47. The largest absolute Gasteiger partial charge is 0.416 e. The summed E-state index contributed by atoms with van der Waals surface area (Å²) in [5.74, 6) is 0.318. The van der Waals surface area contributed by atoms with Crippen LogP contribution in [0.3, 0.4) is 0 Å². The summed E-state index contributed by atoms with van der Waals surface area (Å²) in [7, 11) is -2.62. The van der Waals surface area contributed by atoms with Crippen molar-refractivity contribution < 1.29 is 52.7 Å². The van der Waals surface area contributed by atoms with Gasteiger partial charge in [-0.1, -0.05) is 6.92 Å². The summed E-state index contributed by atoms with van der Waals surface area (Å²) in [6.45, 7) is 1.32. The van der Waals surface area contributed by atoms with E-state index in [0.717, 1.165) is 0 Å². The van der Waals surface area contributed by atoms with Gasteiger partial charge in [0.05, 0.1) is 22.3 Å². The average molecular weight is 549 g/mol. The van der Waals surface area contributed by atoms with Gasteiger partial charge < -0.3 is 0 Å². The summed E-state index contributed by atoms with van der Waals surface area (Å²) in [6.07, 6.45) is -15.2. The van der Waals surface area contributed by atoms with Gasteiger partial charge in [0, 0.05) is 0 Å². The summed E-state index contributed by atoms with van der Waals surface area (Å²) in [6, 6.07) is 1.05. The molecule has 0 spiro atoms. The van der Waals surface area contributed by atoms with Crippen LogP contribution in [0.2, 0.25) is 0 Å². The molecule has 0 aliphatic heterocycles. The molecule has 1 aliphatic rings. The van der Waals surface area contributed by atoms with Gasteiger partial charge in [0.1, 0.15) is 0 Å². The maximum atomic E-state index is 13.5. The highest BCUT2D eigenvalue weighted by Crippen LogP contribution is 2.50. The monoisotopic (exact) mass is 549 g/mol. The highest BCUT2D eigenvalue weighted by Gasteiger charge is 2.42. The molecule has 3 rings (SSSR count). The minimum absolute atomic E-state index is 0.155. The molecule has 1 aliphatic carbocycles. The zero-order valence-corrected chi connectivity index (χ0v) is 18.7. The lowest BCUT2D eigenvalue weighted by Crippen LogP contribution is -2.28. The second-order valence-corrected chi connectivity index (χ2v) is 10.3. The number of halogens is 12. The summed E-state index contributed by atoms with van der Waals surface area (Å²) >= 11 is 0. The Morgan fingerprint density at radius 1 is 0.500 bits per heavy atom. The van der Waals surface area contributed by atoms with Gasteiger partial charge in [-0.05, 0) is 92.2 Å². The normalized spacial score (nSPS) is 17.2. The fourth-order valence-corrected chi connectivity index (χ4v) is 6.34. The molecule has 1 atom stereocenters. The lowest BCUT2D eigenvalue weighted by molar-refractivity contribution is -0.144. The highest BCUT2D eigenvalue weighted by molar-refractivity contribution is 7.73. The van der Waals surface area contributed by atoms with Crippen LogP contribution in [-0.2, 0) is 24.7 Å². The van der Waals surface area contributed by atoms with Crippen LogP contribution < -0.4 is 10.6 Å². The molecule has 13 heteroatoms. The van der Waals surface area contributed by atoms with Crippen LogP contribution in [0.4, 0.5) is 52.7 Å². The number of rotatable bonds is 4. The molecule has 1 saturated carbocycles. The zero-order chi connectivity index (χ0) is 27.3. The number of hydrogen-bond donors (Lipinski definition) is 0. The van der Waals surface area contributed by atoms with Gasteiger partial charge in [0.2, 0.25) is 0 Å². The second-order valence-electron chi connectivity index (χ2n) is 7.79. The Morgan fingerprint density at radius 2 is 0.778 bits per heavy atom. The molecule has 195 valence electrons. The molecule has 2 aromatic carbocycles. The first kappa shape index (κ1) is 28.6. The Morgan fingerprint density at radius 3 is 1.03 bits per heavy atom. The van der Waals surface area contributed by atoms with E-state index in [1.807, 2.05) is 0 Å². The van der Waals surface area contributed by atoms with Crippen molar-refractivity contribution in [3.8, 4) is 0 Å². The van der Waals surface area contributed by atoms with Gasteiger partial charge in [-0.15, -0.1) is 0 Å². The molecule has 0 saturated heterocycles. The Labute approximate surface area is 199 Å². The van der Waals surface area contributed by atoms with Crippen LogP contribution in [0.25, 0.3) is 0 Å². The van der Waals surface area contributed by atoms with Crippen molar-refractivity contribution >= 4 is 18.5 Å². The van der Waals surface area contributed by atoms with Gasteiger partial charge in [0.25, 0.3) is 0 Å². The second kappa shape index (κ2) is 9.72. The van der Waals surface area contributed by atoms with Crippen LogP contribution in [0.5, 0.6) is 0 Å². The number of alkyl halides is 12. The van der Waals surface area contributed by atoms with E-state index in [1.54, 1.807) is 0 Å². The van der Waals surface area contributed by atoms with E-state index < -0.39 is 71.1 Å². The number of benzene rings is 2. The molecule has 2 aromatic rings. The van der Waals surface area contributed by atoms with E-state index in [0.29, 0.717) is 30.2 Å².